The third-order valence-corrected chi connectivity index (χ3v) is 4.72. The molecule has 0 fully saturated rings. The molecule has 152 valence electrons. The molecule has 0 unspecified atom stereocenters. The zero-order chi connectivity index (χ0) is 21.4. The van der Waals surface area contributed by atoms with Crippen LogP contribution in [-0.4, -0.2) is 29.1 Å². The quantitative estimate of drug-likeness (QED) is 0.320. The Bertz CT molecular complexity index is 1480. The number of non-ortho nitro benzene ring substituents is 1. The highest BCUT2D eigenvalue weighted by Crippen LogP contribution is 2.20. The van der Waals surface area contributed by atoms with Gasteiger partial charge in [0.2, 0.25) is 5.78 Å². The number of aromatic nitrogens is 5. The van der Waals surface area contributed by atoms with E-state index in [9.17, 15) is 14.9 Å². The van der Waals surface area contributed by atoms with Crippen molar-refractivity contribution >= 4 is 22.5 Å². The molecule has 0 saturated heterocycles. The first-order valence-corrected chi connectivity index (χ1v) is 9.31. The zero-order valence-electron chi connectivity index (χ0n) is 16.0. The fourth-order valence-electron chi connectivity index (χ4n) is 3.26. The number of fused-ring (bicyclic) bond motifs is 3. The van der Waals surface area contributed by atoms with E-state index < -0.39 is 4.92 Å². The van der Waals surface area contributed by atoms with Crippen LogP contribution in [-0.2, 0) is 6.54 Å². The number of benzene rings is 2. The molecule has 0 aliphatic carbocycles. The van der Waals surface area contributed by atoms with Crippen molar-refractivity contribution < 1.29 is 9.66 Å². The van der Waals surface area contributed by atoms with Gasteiger partial charge in [0.25, 0.3) is 11.2 Å². The number of ether oxygens (including phenoxy) is 1. The largest absolute Gasteiger partial charge is 0.423 e. The molecule has 5 aromatic rings. The molecule has 0 spiro atoms. The van der Waals surface area contributed by atoms with Crippen LogP contribution in [0.15, 0.2) is 77.7 Å². The van der Waals surface area contributed by atoms with E-state index in [-0.39, 0.29) is 29.6 Å². The van der Waals surface area contributed by atoms with Gasteiger partial charge in [-0.3, -0.25) is 19.5 Å². The van der Waals surface area contributed by atoms with Gasteiger partial charge in [-0.1, -0.05) is 30.3 Å². The minimum Gasteiger partial charge on any atom is -0.423 e. The van der Waals surface area contributed by atoms with Crippen LogP contribution in [0.4, 0.5) is 5.69 Å². The molecule has 10 heteroatoms. The Labute approximate surface area is 174 Å². The lowest BCUT2D eigenvalue weighted by atomic mass is 10.2. The molecular formula is C21H14N6O4. The molecule has 2 aromatic carbocycles. The van der Waals surface area contributed by atoms with Crippen LogP contribution < -0.4 is 10.3 Å². The third-order valence-electron chi connectivity index (χ3n) is 4.72. The van der Waals surface area contributed by atoms with Crippen molar-refractivity contribution in [2.24, 2.45) is 0 Å². The average Bonchev–Trinajstić information content (AvgIpc) is 3.21. The van der Waals surface area contributed by atoms with Crippen LogP contribution in [0.25, 0.3) is 16.8 Å². The van der Waals surface area contributed by atoms with E-state index in [1.54, 1.807) is 42.6 Å². The van der Waals surface area contributed by atoms with Crippen molar-refractivity contribution in [2.75, 3.05) is 0 Å². The number of nitro groups is 1. The summed E-state index contributed by atoms with van der Waals surface area (Å²) in [5.74, 6) is 0.806. The molecule has 0 N–H and O–H groups in total. The standard InChI is InChI=1S/C21H14N6O4/c28-19-17-7-4-12-22-18(17)26-21(23-20(24-26)31-16-5-2-1-3-6-16)25(19)13-14-8-10-15(11-9-14)27(29)30/h1-12H,13H2. The monoisotopic (exact) mass is 414 g/mol. The van der Waals surface area contributed by atoms with Crippen LogP contribution >= 0.6 is 0 Å². The summed E-state index contributed by atoms with van der Waals surface area (Å²) in [7, 11) is 0. The molecule has 31 heavy (non-hydrogen) atoms. The highest BCUT2D eigenvalue weighted by Gasteiger charge is 2.17. The number of para-hydroxylation sites is 1. The molecule has 3 aromatic heterocycles. The van der Waals surface area contributed by atoms with Gasteiger partial charge in [-0.25, -0.2) is 4.98 Å². The predicted molar refractivity (Wildman–Crippen MR) is 111 cm³/mol. The van der Waals surface area contributed by atoms with E-state index in [4.69, 9.17) is 4.74 Å². The fourth-order valence-corrected chi connectivity index (χ4v) is 3.26. The predicted octanol–water partition coefficient (Wildman–Crippen LogP) is 3.19. The molecule has 0 amide bonds. The van der Waals surface area contributed by atoms with Crippen molar-refractivity contribution in [3.8, 4) is 11.8 Å². The molecule has 0 radical (unpaired) electrons. The minimum absolute atomic E-state index is 0.0232. The number of hydrogen-bond acceptors (Lipinski definition) is 7. The van der Waals surface area contributed by atoms with Gasteiger partial charge in [-0.05, 0) is 29.8 Å². The molecule has 3 heterocycles. The molecule has 0 atom stereocenters. The van der Waals surface area contributed by atoms with Crippen LogP contribution in [0.2, 0.25) is 0 Å². The molecule has 0 bridgehead atoms. The van der Waals surface area contributed by atoms with Crippen molar-refractivity contribution in [2.45, 2.75) is 6.54 Å². The lowest BCUT2D eigenvalue weighted by Crippen LogP contribution is -2.24. The SMILES string of the molecule is O=c1c2cccnc2n2nc(Oc3ccccc3)nc2n1Cc1ccc([N+](=O)[O-])cc1. The summed E-state index contributed by atoms with van der Waals surface area (Å²) in [4.78, 5) is 32.3. The number of rotatable bonds is 5. The van der Waals surface area contributed by atoms with E-state index in [0.717, 1.165) is 0 Å². The van der Waals surface area contributed by atoms with E-state index in [0.29, 0.717) is 22.3 Å². The summed E-state index contributed by atoms with van der Waals surface area (Å²) in [5, 5.41) is 15.7. The summed E-state index contributed by atoms with van der Waals surface area (Å²) >= 11 is 0. The zero-order valence-corrected chi connectivity index (χ0v) is 16.0. The Morgan fingerprint density at radius 1 is 1.00 bits per heavy atom. The third kappa shape index (κ3) is 3.35. The summed E-state index contributed by atoms with van der Waals surface area (Å²) in [6, 6.07) is 18.5. The second-order valence-electron chi connectivity index (χ2n) is 6.71. The van der Waals surface area contributed by atoms with Crippen molar-refractivity contribution in [3.05, 3.63) is 99.0 Å². The van der Waals surface area contributed by atoms with E-state index in [1.807, 2.05) is 18.2 Å². The Morgan fingerprint density at radius 3 is 2.52 bits per heavy atom. The van der Waals surface area contributed by atoms with Crippen LogP contribution in [0.5, 0.6) is 11.8 Å². The maximum absolute atomic E-state index is 13.2. The van der Waals surface area contributed by atoms with Gasteiger partial charge in [0.05, 0.1) is 16.9 Å². The summed E-state index contributed by atoms with van der Waals surface area (Å²) in [6.07, 6.45) is 1.57. The van der Waals surface area contributed by atoms with Gasteiger partial charge < -0.3 is 4.74 Å². The normalized spacial score (nSPS) is 11.1. The molecule has 0 aliphatic rings. The molecule has 0 saturated carbocycles. The highest BCUT2D eigenvalue weighted by atomic mass is 16.6. The van der Waals surface area contributed by atoms with Crippen molar-refractivity contribution in [1.29, 1.82) is 0 Å². The maximum atomic E-state index is 13.2. The van der Waals surface area contributed by atoms with E-state index in [1.165, 1.54) is 21.2 Å². The summed E-state index contributed by atoms with van der Waals surface area (Å²) in [6.45, 7) is 0.147. The topological polar surface area (TPSA) is 117 Å². The molecular weight excluding hydrogens is 400 g/mol. The van der Waals surface area contributed by atoms with Gasteiger partial charge in [0, 0.05) is 18.3 Å². The van der Waals surface area contributed by atoms with Crippen LogP contribution in [0.1, 0.15) is 5.56 Å². The summed E-state index contributed by atoms with van der Waals surface area (Å²) in [5.41, 5.74) is 0.738. The Hall–Kier alpha value is -4.60. The van der Waals surface area contributed by atoms with Crippen LogP contribution in [0.3, 0.4) is 0 Å². The van der Waals surface area contributed by atoms with Gasteiger partial charge >= 0.3 is 6.01 Å². The lowest BCUT2D eigenvalue weighted by Gasteiger charge is -2.09. The first-order valence-electron chi connectivity index (χ1n) is 9.31. The summed E-state index contributed by atoms with van der Waals surface area (Å²) < 4.78 is 8.64. The smallest absolute Gasteiger partial charge is 0.343 e. The molecule has 5 rings (SSSR count). The van der Waals surface area contributed by atoms with Crippen LogP contribution in [0, 0.1) is 10.1 Å². The van der Waals surface area contributed by atoms with Crippen molar-refractivity contribution in [1.82, 2.24) is 24.1 Å². The van der Waals surface area contributed by atoms with Crippen molar-refractivity contribution in [3.63, 3.8) is 0 Å². The molecule has 0 aliphatic heterocycles. The van der Waals surface area contributed by atoms with Gasteiger partial charge in [0.15, 0.2) is 5.65 Å². The Kier molecular flexibility index (Phi) is 4.36. The van der Waals surface area contributed by atoms with Gasteiger partial charge in [-0.2, -0.15) is 9.50 Å². The lowest BCUT2D eigenvalue weighted by molar-refractivity contribution is -0.384. The average molecular weight is 414 g/mol. The second-order valence-corrected chi connectivity index (χ2v) is 6.71. The second kappa shape index (κ2) is 7.34. The fraction of sp³-hybridized carbons (Fsp3) is 0.0476. The first-order chi connectivity index (χ1) is 15.1. The number of pyridine rings is 1. The van der Waals surface area contributed by atoms with Gasteiger partial charge in [0.1, 0.15) is 5.75 Å². The molecule has 10 nitrogen and oxygen atoms in total. The Morgan fingerprint density at radius 2 is 1.77 bits per heavy atom. The highest BCUT2D eigenvalue weighted by molar-refractivity contribution is 5.75. The number of hydrogen-bond donors (Lipinski definition) is 0. The minimum atomic E-state index is -0.471. The Balaban J connectivity index is 1.65. The number of nitro benzene ring substituents is 1. The van der Waals surface area contributed by atoms with E-state index >= 15 is 0 Å². The maximum Gasteiger partial charge on any atom is 0.343 e. The number of nitrogens with zero attached hydrogens (tertiary/aromatic N) is 6. The van der Waals surface area contributed by atoms with Gasteiger partial charge in [-0.15, -0.1) is 5.10 Å². The first kappa shape index (κ1) is 18.4. The van der Waals surface area contributed by atoms with E-state index in [2.05, 4.69) is 15.1 Å².